The maximum atomic E-state index is 8.49. The highest BCUT2D eigenvalue weighted by Gasteiger charge is 1.95. The number of hydrogen-bond acceptors (Lipinski definition) is 4. The molecule has 0 atom stereocenters. The number of pyridine rings is 1. The molecule has 0 saturated heterocycles. The van der Waals surface area contributed by atoms with Gasteiger partial charge in [0.05, 0.1) is 0 Å². The molecule has 0 aliphatic heterocycles. The van der Waals surface area contributed by atoms with Gasteiger partial charge < -0.3 is 4.90 Å². The zero-order chi connectivity index (χ0) is 8.97. The summed E-state index contributed by atoms with van der Waals surface area (Å²) < 4.78 is 0. The summed E-state index contributed by atoms with van der Waals surface area (Å²) in [7, 11) is 4.00. The van der Waals surface area contributed by atoms with Gasteiger partial charge in [-0.3, -0.25) is 10.7 Å². The van der Waals surface area contributed by atoms with Gasteiger partial charge in [0, 0.05) is 12.7 Å². The highest BCUT2D eigenvalue weighted by Crippen LogP contribution is 2.04. The van der Waals surface area contributed by atoms with E-state index < -0.39 is 0 Å². The third kappa shape index (κ3) is 2.48. The van der Waals surface area contributed by atoms with E-state index in [4.69, 9.17) is 5.21 Å². The Morgan fingerprint density at radius 1 is 1.50 bits per heavy atom. The van der Waals surface area contributed by atoms with Crippen molar-refractivity contribution < 1.29 is 5.21 Å². The molecule has 1 heterocycles. The van der Waals surface area contributed by atoms with Crippen LogP contribution in [0.5, 0.6) is 0 Å². The van der Waals surface area contributed by atoms with Crippen molar-refractivity contribution in [2.24, 2.45) is 0 Å². The van der Waals surface area contributed by atoms with Gasteiger partial charge in [0.15, 0.2) is 0 Å². The minimum absolute atomic E-state index is 0.470. The smallest absolute Gasteiger partial charge is 0.149 e. The van der Waals surface area contributed by atoms with Crippen molar-refractivity contribution in [3.05, 3.63) is 23.9 Å². The average Bonchev–Trinajstić information content (AvgIpc) is 2.05. The second-order valence-corrected chi connectivity index (χ2v) is 2.90. The van der Waals surface area contributed by atoms with Gasteiger partial charge in [-0.25, -0.2) is 4.98 Å². The van der Waals surface area contributed by atoms with Crippen molar-refractivity contribution >= 4 is 5.82 Å². The van der Waals surface area contributed by atoms with E-state index in [1.807, 2.05) is 25.6 Å². The summed E-state index contributed by atoms with van der Waals surface area (Å²) in [6, 6.07) is 3.66. The molecule has 0 spiro atoms. The molecular formula is C8H13N3O. The highest BCUT2D eigenvalue weighted by molar-refractivity contribution is 5.32. The van der Waals surface area contributed by atoms with E-state index in [2.05, 4.69) is 9.88 Å². The summed E-state index contributed by atoms with van der Waals surface area (Å²) in [6.07, 6.45) is 1.73. The van der Waals surface area contributed by atoms with Crippen LogP contribution in [0.4, 0.5) is 5.82 Å². The normalized spacial score (nSPS) is 10.3. The van der Waals surface area contributed by atoms with Gasteiger partial charge >= 0.3 is 0 Å². The van der Waals surface area contributed by atoms with Gasteiger partial charge in [0.2, 0.25) is 0 Å². The molecular weight excluding hydrogens is 154 g/mol. The Kier molecular flexibility index (Phi) is 3.01. The van der Waals surface area contributed by atoms with E-state index in [-0.39, 0.29) is 0 Å². The molecule has 0 aromatic carbocycles. The SMILES string of the molecule is CN(C)Cc1ccc(NO)nc1. The van der Waals surface area contributed by atoms with E-state index in [1.54, 1.807) is 12.3 Å². The topological polar surface area (TPSA) is 48.4 Å². The molecule has 0 saturated carbocycles. The lowest BCUT2D eigenvalue weighted by atomic mass is 10.3. The van der Waals surface area contributed by atoms with Crippen molar-refractivity contribution in [2.75, 3.05) is 19.6 Å². The molecule has 12 heavy (non-hydrogen) atoms. The number of nitrogens with zero attached hydrogens (tertiary/aromatic N) is 2. The zero-order valence-corrected chi connectivity index (χ0v) is 7.28. The Labute approximate surface area is 71.8 Å². The van der Waals surface area contributed by atoms with Gasteiger partial charge in [-0.1, -0.05) is 6.07 Å². The number of anilines is 1. The van der Waals surface area contributed by atoms with Gasteiger partial charge in [-0.05, 0) is 25.7 Å². The molecule has 2 N–H and O–H groups in total. The first-order valence-electron chi connectivity index (χ1n) is 3.72. The first kappa shape index (κ1) is 8.96. The van der Waals surface area contributed by atoms with Crippen molar-refractivity contribution in [2.45, 2.75) is 6.54 Å². The Morgan fingerprint density at radius 3 is 2.67 bits per heavy atom. The lowest BCUT2D eigenvalue weighted by Crippen LogP contribution is -2.10. The van der Waals surface area contributed by atoms with Crippen LogP contribution < -0.4 is 5.48 Å². The molecule has 0 aliphatic rings. The molecule has 66 valence electrons. The van der Waals surface area contributed by atoms with Gasteiger partial charge in [-0.2, -0.15) is 0 Å². The third-order valence-electron chi connectivity index (χ3n) is 1.44. The highest BCUT2D eigenvalue weighted by atomic mass is 16.5. The van der Waals surface area contributed by atoms with E-state index in [0.29, 0.717) is 5.82 Å². The number of hydrogen-bond donors (Lipinski definition) is 2. The maximum Gasteiger partial charge on any atom is 0.149 e. The fraction of sp³-hybridized carbons (Fsp3) is 0.375. The van der Waals surface area contributed by atoms with Crippen LogP contribution in [0, 0.1) is 0 Å². The predicted octanol–water partition coefficient (Wildman–Crippen LogP) is 0.944. The van der Waals surface area contributed by atoms with Crippen LogP contribution in [-0.2, 0) is 6.54 Å². The molecule has 0 unspecified atom stereocenters. The number of nitrogens with one attached hydrogen (secondary N) is 1. The predicted molar refractivity (Wildman–Crippen MR) is 47.0 cm³/mol. The Bertz CT molecular complexity index is 233. The molecule has 1 rings (SSSR count). The van der Waals surface area contributed by atoms with Crippen molar-refractivity contribution in [1.29, 1.82) is 0 Å². The molecule has 1 aromatic rings. The second-order valence-electron chi connectivity index (χ2n) is 2.90. The molecule has 0 bridgehead atoms. The largest absolute Gasteiger partial charge is 0.305 e. The van der Waals surface area contributed by atoms with Crippen LogP contribution in [-0.4, -0.2) is 29.2 Å². The third-order valence-corrected chi connectivity index (χ3v) is 1.44. The average molecular weight is 167 g/mol. The molecule has 4 heteroatoms. The lowest BCUT2D eigenvalue weighted by molar-refractivity contribution is 0.385. The quantitative estimate of drug-likeness (QED) is 0.658. The Balaban J connectivity index is 2.65. The van der Waals surface area contributed by atoms with Crippen LogP contribution in [0.3, 0.4) is 0 Å². The fourth-order valence-electron chi connectivity index (χ4n) is 0.949. The van der Waals surface area contributed by atoms with Crippen molar-refractivity contribution in [3.8, 4) is 0 Å². The fourth-order valence-corrected chi connectivity index (χ4v) is 0.949. The number of aromatic nitrogens is 1. The summed E-state index contributed by atoms with van der Waals surface area (Å²) in [5, 5.41) is 8.49. The lowest BCUT2D eigenvalue weighted by Gasteiger charge is -2.08. The number of rotatable bonds is 3. The monoisotopic (exact) mass is 167 g/mol. The Hall–Kier alpha value is -1.13. The van der Waals surface area contributed by atoms with Crippen LogP contribution in [0.1, 0.15) is 5.56 Å². The summed E-state index contributed by atoms with van der Waals surface area (Å²) in [5.41, 5.74) is 3.11. The van der Waals surface area contributed by atoms with Crippen LogP contribution >= 0.6 is 0 Å². The summed E-state index contributed by atoms with van der Waals surface area (Å²) in [4.78, 5) is 6.02. The van der Waals surface area contributed by atoms with Crippen molar-refractivity contribution in [3.63, 3.8) is 0 Å². The van der Waals surface area contributed by atoms with Gasteiger partial charge in [-0.15, -0.1) is 0 Å². The van der Waals surface area contributed by atoms with Crippen LogP contribution in [0.15, 0.2) is 18.3 Å². The van der Waals surface area contributed by atoms with Crippen LogP contribution in [0.2, 0.25) is 0 Å². The van der Waals surface area contributed by atoms with Gasteiger partial charge in [0.1, 0.15) is 5.82 Å². The van der Waals surface area contributed by atoms with E-state index >= 15 is 0 Å². The van der Waals surface area contributed by atoms with E-state index in [9.17, 15) is 0 Å². The molecule has 4 nitrogen and oxygen atoms in total. The van der Waals surface area contributed by atoms with Crippen molar-refractivity contribution in [1.82, 2.24) is 9.88 Å². The van der Waals surface area contributed by atoms with E-state index in [0.717, 1.165) is 12.1 Å². The minimum Gasteiger partial charge on any atom is -0.305 e. The molecule has 1 aromatic heterocycles. The van der Waals surface area contributed by atoms with Gasteiger partial charge in [0.25, 0.3) is 0 Å². The summed E-state index contributed by atoms with van der Waals surface area (Å²) in [5.74, 6) is 0.470. The first-order valence-corrected chi connectivity index (χ1v) is 3.72. The summed E-state index contributed by atoms with van der Waals surface area (Å²) in [6.45, 7) is 0.860. The molecule has 0 fully saturated rings. The molecule has 0 radical (unpaired) electrons. The van der Waals surface area contributed by atoms with Crippen LogP contribution in [0.25, 0.3) is 0 Å². The standard InChI is InChI=1S/C8H13N3O/c1-11(2)6-7-3-4-8(10-12)9-5-7/h3-5,12H,6H2,1-2H3,(H,9,10). The first-order chi connectivity index (χ1) is 5.72. The van der Waals surface area contributed by atoms with E-state index in [1.165, 1.54) is 0 Å². The molecule has 0 amide bonds. The molecule has 0 aliphatic carbocycles. The maximum absolute atomic E-state index is 8.49. The second kappa shape index (κ2) is 4.04. The Morgan fingerprint density at radius 2 is 2.25 bits per heavy atom. The minimum atomic E-state index is 0.470. The zero-order valence-electron chi connectivity index (χ0n) is 7.28. The summed E-state index contributed by atoms with van der Waals surface area (Å²) >= 11 is 0.